The Morgan fingerprint density at radius 3 is 2.74 bits per heavy atom. The van der Waals surface area contributed by atoms with Crippen LogP contribution in [0.15, 0.2) is 59.1 Å². The van der Waals surface area contributed by atoms with Gasteiger partial charge in [-0.25, -0.2) is 0 Å². The molecule has 2 aromatic carbocycles. The fraction of sp³-hybridized carbons (Fsp3) is 0.118. The van der Waals surface area contributed by atoms with Crippen LogP contribution in [0.2, 0.25) is 0 Å². The summed E-state index contributed by atoms with van der Waals surface area (Å²) >= 11 is 0. The molecule has 0 bridgehead atoms. The number of rotatable bonds is 5. The van der Waals surface area contributed by atoms with Crippen molar-refractivity contribution in [3.05, 3.63) is 60.5 Å². The second-order valence-electron chi connectivity index (χ2n) is 4.98. The quantitative estimate of drug-likeness (QED) is 0.756. The lowest BCUT2D eigenvalue weighted by atomic mass is 10.2. The van der Waals surface area contributed by atoms with Gasteiger partial charge in [-0.1, -0.05) is 41.6 Å². The molecule has 3 rings (SSSR count). The maximum absolute atomic E-state index is 11.9. The van der Waals surface area contributed by atoms with Gasteiger partial charge in [0.05, 0.1) is 0 Å². The lowest BCUT2D eigenvalue weighted by Crippen LogP contribution is -2.12. The monoisotopic (exact) mass is 309 g/mol. The highest BCUT2D eigenvalue weighted by Crippen LogP contribution is 2.17. The molecule has 0 aliphatic carbocycles. The Bertz CT molecular complexity index is 800. The Morgan fingerprint density at radius 2 is 1.96 bits per heavy atom. The van der Waals surface area contributed by atoms with E-state index in [1.807, 2.05) is 30.3 Å². The maximum Gasteiger partial charge on any atom is 0.227 e. The standard InChI is InChI=1S/C17H15N3O3/c21-14-8-4-7-13(11-14)18-15(22)9-10-16-19-17(20-23-16)12-5-2-1-3-6-12/h1-8,11,21H,9-10H2,(H,18,22). The summed E-state index contributed by atoms with van der Waals surface area (Å²) in [6.07, 6.45) is 0.566. The highest BCUT2D eigenvalue weighted by Gasteiger charge is 2.10. The van der Waals surface area contributed by atoms with E-state index in [1.165, 1.54) is 6.07 Å². The molecular weight excluding hydrogens is 294 g/mol. The van der Waals surface area contributed by atoms with Crippen LogP contribution in [0, 0.1) is 0 Å². The van der Waals surface area contributed by atoms with Gasteiger partial charge in [-0.3, -0.25) is 4.79 Å². The molecule has 0 fully saturated rings. The molecule has 0 saturated heterocycles. The predicted molar refractivity (Wildman–Crippen MR) is 84.8 cm³/mol. The average molecular weight is 309 g/mol. The molecule has 116 valence electrons. The SMILES string of the molecule is O=C(CCc1nc(-c2ccccc2)no1)Nc1cccc(O)c1. The zero-order chi connectivity index (χ0) is 16.1. The molecular formula is C17H15N3O3. The van der Waals surface area contributed by atoms with Gasteiger partial charge in [-0.05, 0) is 12.1 Å². The molecule has 0 aliphatic heterocycles. The number of nitrogens with one attached hydrogen (secondary N) is 1. The van der Waals surface area contributed by atoms with Crippen molar-refractivity contribution >= 4 is 11.6 Å². The third kappa shape index (κ3) is 3.94. The molecule has 1 amide bonds. The number of carbonyl (C=O) groups is 1. The first-order valence-corrected chi connectivity index (χ1v) is 7.17. The van der Waals surface area contributed by atoms with E-state index < -0.39 is 0 Å². The summed E-state index contributed by atoms with van der Waals surface area (Å²) in [5.74, 6) is 0.839. The second-order valence-corrected chi connectivity index (χ2v) is 4.98. The lowest BCUT2D eigenvalue weighted by molar-refractivity contribution is -0.116. The molecule has 2 N–H and O–H groups in total. The first kappa shape index (κ1) is 14.8. The van der Waals surface area contributed by atoms with E-state index in [2.05, 4.69) is 15.5 Å². The molecule has 6 nitrogen and oxygen atoms in total. The number of phenolic OH excluding ortho intramolecular Hbond substituents is 1. The van der Waals surface area contributed by atoms with Crippen molar-refractivity contribution < 1.29 is 14.4 Å². The van der Waals surface area contributed by atoms with E-state index in [4.69, 9.17) is 4.52 Å². The number of carbonyl (C=O) groups excluding carboxylic acids is 1. The number of amides is 1. The maximum atomic E-state index is 11.9. The lowest BCUT2D eigenvalue weighted by Gasteiger charge is -2.04. The number of anilines is 1. The van der Waals surface area contributed by atoms with Crippen molar-refractivity contribution in [2.75, 3.05) is 5.32 Å². The summed E-state index contributed by atoms with van der Waals surface area (Å²) in [6, 6.07) is 15.9. The van der Waals surface area contributed by atoms with E-state index >= 15 is 0 Å². The average Bonchev–Trinajstić information content (AvgIpc) is 3.03. The number of aromatic hydroxyl groups is 1. The summed E-state index contributed by atoms with van der Waals surface area (Å²) in [5.41, 5.74) is 1.41. The number of nitrogens with zero attached hydrogens (tertiary/aromatic N) is 2. The van der Waals surface area contributed by atoms with E-state index in [-0.39, 0.29) is 18.1 Å². The molecule has 6 heteroatoms. The Morgan fingerprint density at radius 1 is 1.13 bits per heavy atom. The fourth-order valence-corrected chi connectivity index (χ4v) is 2.09. The van der Waals surface area contributed by atoms with Gasteiger partial charge in [-0.15, -0.1) is 0 Å². The van der Waals surface area contributed by atoms with Crippen molar-refractivity contribution in [3.8, 4) is 17.1 Å². The van der Waals surface area contributed by atoms with Gasteiger partial charge in [-0.2, -0.15) is 4.98 Å². The number of hydrogen-bond donors (Lipinski definition) is 2. The molecule has 0 aliphatic rings. The fourth-order valence-electron chi connectivity index (χ4n) is 2.09. The largest absolute Gasteiger partial charge is 0.508 e. The molecule has 1 aromatic heterocycles. The van der Waals surface area contributed by atoms with Crippen molar-refractivity contribution in [2.45, 2.75) is 12.8 Å². The van der Waals surface area contributed by atoms with Gasteiger partial charge < -0.3 is 14.9 Å². The van der Waals surface area contributed by atoms with E-state index in [9.17, 15) is 9.90 Å². The summed E-state index contributed by atoms with van der Waals surface area (Å²) < 4.78 is 5.16. The van der Waals surface area contributed by atoms with Crippen LogP contribution in [0.3, 0.4) is 0 Å². The van der Waals surface area contributed by atoms with Crippen molar-refractivity contribution in [1.29, 1.82) is 0 Å². The normalized spacial score (nSPS) is 10.4. The summed E-state index contributed by atoms with van der Waals surface area (Å²) in [7, 11) is 0. The predicted octanol–water partition coefficient (Wildman–Crippen LogP) is 3.01. The topological polar surface area (TPSA) is 88.2 Å². The zero-order valence-corrected chi connectivity index (χ0v) is 12.3. The van der Waals surface area contributed by atoms with Crippen molar-refractivity contribution in [2.24, 2.45) is 0 Å². The van der Waals surface area contributed by atoms with Gasteiger partial charge >= 0.3 is 0 Å². The number of hydrogen-bond acceptors (Lipinski definition) is 5. The minimum absolute atomic E-state index is 0.104. The summed E-state index contributed by atoms with van der Waals surface area (Å²) in [5, 5.41) is 16.0. The van der Waals surface area contributed by atoms with Crippen LogP contribution in [0.5, 0.6) is 5.75 Å². The van der Waals surface area contributed by atoms with Crippen LogP contribution in [-0.4, -0.2) is 21.2 Å². The minimum atomic E-state index is -0.185. The molecule has 3 aromatic rings. The highest BCUT2D eigenvalue weighted by molar-refractivity contribution is 5.90. The van der Waals surface area contributed by atoms with Gasteiger partial charge in [0, 0.05) is 30.2 Å². The molecule has 0 saturated carbocycles. The van der Waals surface area contributed by atoms with Crippen molar-refractivity contribution in [3.63, 3.8) is 0 Å². The number of aryl methyl sites for hydroxylation is 1. The molecule has 0 radical (unpaired) electrons. The number of benzene rings is 2. The van der Waals surface area contributed by atoms with Gasteiger partial charge in [0.2, 0.25) is 17.6 Å². The van der Waals surface area contributed by atoms with E-state index in [0.717, 1.165) is 5.56 Å². The van der Waals surface area contributed by atoms with Crippen LogP contribution in [-0.2, 0) is 11.2 Å². The highest BCUT2D eigenvalue weighted by atomic mass is 16.5. The Labute approximate surface area is 132 Å². The molecule has 0 spiro atoms. The Hall–Kier alpha value is -3.15. The first-order chi connectivity index (χ1) is 11.2. The Kier molecular flexibility index (Phi) is 4.33. The first-order valence-electron chi connectivity index (χ1n) is 7.17. The van der Waals surface area contributed by atoms with E-state index in [1.54, 1.807) is 18.2 Å². The van der Waals surface area contributed by atoms with Crippen LogP contribution in [0.4, 0.5) is 5.69 Å². The third-order valence-electron chi connectivity index (χ3n) is 3.20. The van der Waals surface area contributed by atoms with Crippen LogP contribution >= 0.6 is 0 Å². The van der Waals surface area contributed by atoms with Gasteiger partial charge in [0.1, 0.15) is 5.75 Å². The summed E-state index contributed by atoms with van der Waals surface area (Å²) in [4.78, 5) is 16.2. The van der Waals surface area contributed by atoms with Crippen LogP contribution < -0.4 is 5.32 Å². The molecule has 1 heterocycles. The Balaban J connectivity index is 1.56. The summed E-state index contributed by atoms with van der Waals surface area (Å²) in [6.45, 7) is 0. The minimum Gasteiger partial charge on any atom is -0.508 e. The smallest absolute Gasteiger partial charge is 0.227 e. The second kappa shape index (κ2) is 6.74. The molecule has 23 heavy (non-hydrogen) atoms. The van der Waals surface area contributed by atoms with Gasteiger partial charge in [0.15, 0.2) is 0 Å². The zero-order valence-electron chi connectivity index (χ0n) is 12.3. The van der Waals surface area contributed by atoms with Crippen LogP contribution in [0.1, 0.15) is 12.3 Å². The van der Waals surface area contributed by atoms with Crippen LogP contribution in [0.25, 0.3) is 11.4 Å². The molecule has 0 unspecified atom stereocenters. The van der Waals surface area contributed by atoms with E-state index in [0.29, 0.717) is 23.8 Å². The van der Waals surface area contributed by atoms with Crippen molar-refractivity contribution in [1.82, 2.24) is 10.1 Å². The number of aromatic nitrogens is 2. The molecule has 0 atom stereocenters. The van der Waals surface area contributed by atoms with Gasteiger partial charge in [0.25, 0.3) is 0 Å². The third-order valence-corrected chi connectivity index (χ3v) is 3.20. The number of phenols is 1.